The quantitative estimate of drug-likeness (QED) is 0.722. The smallest absolute Gasteiger partial charge is 0.0991 e. The summed E-state index contributed by atoms with van der Waals surface area (Å²) in [6, 6.07) is 9.35. The molecule has 0 bridgehead atoms. The van der Waals surface area contributed by atoms with Crippen LogP contribution in [0.5, 0.6) is 0 Å². The van der Waals surface area contributed by atoms with Crippen molar-refractivity contribution >= 4 is 0 Å². The molecule has 2 nitrogen and oxygen atoms in total. The van der Waals surface area contributed by atoms with Gasteiger partial charge in [0.15, 0.2) is 0 Å². The second-order valence-corrected chi connectivity index (χ2v) is 4.46. The summed E-state index contributed by atoms with van der Waals surface area (Å²) in [5.74, 6) is 0. The first-order valence-corrected chi connectivity index (χ1v) is 6.46. The minimum atomic E-state index is -0.426. The summed E-state index contributed by atoms with van der Waals surface area (Å²) < 4.78 is 0. The van der Waals surface area contributed by atoms with Crippen molar-refractivity contribution < 1.29 is 5.11 Å². The average molecular weight is 231 g/mol. The molecule has 2 heteroatoms. The largest absolute Gasteiger partial charge is 0.388 e. The first kappa shape index (κ1) is 13.7. The SMILES string of the molecule is CCCCCCCC(O)c1cccc(C#N)c1. The fourth-order valence-electron chi connectivity index (χ4n) is 1.92. The van der Waals surface area contributed by atoms with Gasteiger partial charge in [-0.2, -0.15) is 5.26 Å². The highest BCUT2D eigenvalue weighted by molar-refractivity contribution is 5.33. The van der Waals surface area contributed by atoms with Gasteiger partial charge in [0, 0.05) is 0 Å². The normalized spacial score (nSPS) is 12.1. The van der Waals surface area contributed by atoms with E-state index in [0.717, 1.165) is 18.4 Å². The molecule has 1 aromatic rings. The van der Waals surface area contributed by atoms with Crippen LogP contribution in [0, 0.1) is 11.3 Å². The summed E-state index contributed by atoms with van der Waals surface area (Å²) in [6.07, 6.45) is 6.37. The number of hydrogen-bond donors (Lipinski definition) is 1. The van der Waals surface area contributed by atoms with E-state index >= 15 is 0 Å². The summed E-state index contributed by atoms with van der Waals surface area (Å²) in [4.78, 5) is 0. The lowest BCUT2D eigenvalue weighted by atomic mass is 10.0. The third-order valence-electron chi connectivity index (χ3n) is 2.98. The van der Waals surface area contributed by atoms with E-state index in [0.29, 0.717) is 5.56 Å². The van der Waals surface area contributed by atoms with Gasteiger partial charge in [0.25, 0.3) is 0 Å². The van der Waals surface area contributed by atoms with E-state index in [1.807, 2.05) is 12.1 Å². The highest BCUT2D eigenvalue weighted by atomic mass is 16.3. The van der Waals surface area contributed by atoms with Crippen LogP contribution in [0.2, 0.25) is 0 Å². The number of nitrogens with zero attached hydrogens (tertiary/aromatic N) is 1. The molecule has 0 aliphatic rings. The molecule has 0 amide bonds. The lowest BCUT2D eigenvalue weighted by molar-refractivity contribution is 0.163. The Balaban J connectivity index is 2.36. The van der Waals surface area contributed by atoms with E-state index in [2.05, 4.69) is 13.0 Å². The lowest BCUT2D eigenvalue weighted by Crippen LogP contribution is -1.97. The Hall–Kier alpha value is -1.33. The van der Waals surface area contributed by atoms with Crippen LogP contribution in [0.25, 0.3) is 0 Å². The highest BCUT2D eigenvalue weighted by Crippen LogP contribution is 2.20. The fourth-order valence-corrected chi connectivity index (χ4v) is 1.92. The van der Waals surface area contributed by atoms with Crippen LogP contribution in [0.3, 0.4) is 0 Å². The third-order valence-corrected chi connectivity index (χ3v) is 2.98. The first-order valence-electron chi connectivity index (χ1n) is 6.46. The lowest BCUT2D eigenvalue weighted by Gasteiger charge is -2.10. The molecule has 1 rings (SSSR count). The summed E-state index contributed by atoms with van der Waals surface area (Å²) in [5.41, 5.74) is 1.48. The third kappa shape index (κ3) is 5.01. The number of rotatable bonds is 7. The van der Waals surface area contributed by atoms with Crippen molar-refractivity contribution in [1.29, 1.82) is 5.26 Å². The Morgan fingerprint density at radius 1 is 1.24 bits per heavy atom. The molecule has 0 aromatic heterocycles. The molecular weight excluding hydrogens is 210 g/mol. The number of hydrogen-bond acceptors (Lipinski definition) is 2. The molecular formula is C15H21NO. The predicted molar refractivity (Wildman–Crippen MR) is 69.5 cm³/mol. The highest BCUT2D eigenvalue weighted by Gasteiger charge is 2.07. The molecule has 0 saturated carbocycles. The molecule has 0 fully saturated rings. The summed E-state index contributed by atoms with van der Waals surface area (Å²) >= 11 is 0. The van der Waals surface area contributed by atoms with Gasteiger partial charge in [-0.05, 0) is 24.1 Å². The number of aliphatic hydroxyl groups excluding tert-OH is 1. The number of benzene rings is 1. The fraction of sp³-hybridized carbons (Fsp3) is 0.533. The van der Waals surface area contributed by atoms with Crippen molar-refractivity contribution in [1.82, 2.24) is 0 Å². The van der Waals surface area contributed by atoms with Crippen LogP contribution in [0.15, 0.2) is 24.3 Å². The average Bonchev–Trinajstić information content (AvgIpc) is 2.38. The number of aliphatic hydroxyl groups is 1. The molecule has 0 heterocycles. The molecule has 92 valence electrons. The van der Waals surface area contributed by atoms with Crippen LogP contribution >= 0.6 is 0 Å². The predicted octanol–water partition coefficient (Wildman–Crippen LogP) is 3.95. The van der Waals surface area contributed by atoms with Crippen molar-refractivity contribution in [3.63, 3.8) is 0 Å². The zero-order chi connectivity index (χ0) is 12.5. The summed E-state index contributed by atoms with van der Waals surface area (Å²) in [7, 11) is 0. The second kappa shape index (κ2) is 7.86. The van der Waals surface area contributed by atoms with Gasteiger partial charge in [-0.25, -0.2) is 0 Å². The van der Waals surface area contributed by atoms with E-state index in [9.17, 15) is 5.11 Å². The monoisotopic (exact) mass is 231 g/mol. The van der Waals surface area contributed by atoms with Crippen LogP contribution in [0.4, 0.5) is 0 Å². The molecule has 0 radical (unpaired) electrons. The van der Waals surface area contributed by atoms with Gasteiger partial charge < -0.3 is 5.11 Å². The van der Waals surface area contributed by atoms with Crippen LogP contribution in [0.1, 0.15) is 62.7 Å². The van der Waals surface area contributed by atoms with E-state index < -0.39 is 6.10 Å². The van der Waals surface area contributed by atoms with E-state index in [1.165, 1.54) is 25.7 Å². The second-order valence-electron chi connectivity index (χ2n) is 4.46. The molecule has 1 unspecified atom stereocenters. The summed E-state index contributed by atoms with van der Waals surface area (Å²) in [6.45, 7) is 2.20. The van der Waals surface area contributed by atoms with Crippen molar-refractivity contribution in [2.75, 3.05) is 0 Å². The maximum atomic E-state index is 9.99. The minimum Gasteiger partial charge on any atom is -0.388 e. The molecule has 17 heavy (non-hydrogen) atoms. The maximum Gasteiger partial charge on any atom is 0.0991 e. The Bertz CT molecular complexity index is 367. The van der Waals surface area contributed by atoms with Gasteiger partial charge in [0.2, 0.25) is 0 Å². The van der Waals surface area contributed by atoms with Gasteiger partial charge in [-0.1, -0.05) is 51.2 Å². The standard InChI is InChI=1S/C15H21NO/c1-2-3-4-5-6-10-15(17)14-9-7-8-13(11-14)12-16/h7-9,11,15,17H,2-6,10H2,1H3. The van der Waals surface area contributed by atoms with Gasteiger partial charge in [-0.15, -0.1) is 0 Å². The van der Waals surface area contributed by atoms with E-state index in [1.54, 1.807) is 12.1 Å². The van der Waals surface area contributed by atoms with Crippen LogP contribution < -0.4 is 0 Å². The Labute approximate surface area is 104 Å². The maximum absolute atomic E-state index is 9.99. The van der Waals surface area contributed by atoms with Crippen molar-refractivity contribution in [3.8, 4) is 6.07 Å². The van der Waals surface area contributed by atoms with Gasteiger partial charge in [0.05, 0.1) is 17.7 Å². The Kier molecular flexibility index (Phi) is 6.35. The van der Waals surface area contributed by atoms with Gasteiger partial charge in [0.1, 0.15) is 0 Å². The molecule has 1 N–H and O–H groups in total. The Morgan fingerprint density at radius 3 is 2.71 bits per heavy atom. The van der Waals surface area contributed by atoms with E-state index in [4.69, 9.17) is 5.26 Å². The minimum absolute atomic E-state index is 0.426. The summed E-state index contributed by atoms with van der Waals surface area (Å²) in [5, 5.41) is 18.8. The molecule has 0 aliphatic carbocycles. The topological polar surface area (TPSA) is 44.0 Å². The molecule has 0 saturated heterocycles. The van der Waals surface area contributed by atoms with Crippen LogP contribution in [-0.4, -0.2) is 5.11 Å². The molecule has 0 spiro atoms. The zero-order valence-corrected chi connectivity index (χ0v) is 10.5. The number of unbranched alkanes of at least 4 members (excludes halogenated alkanes) is 4. The van der Waals surface area contributed by atoms with Gasteiger partial charge >= 0.3 is 0 Å². The van der Waals surface area contributed by atoms with E-state index in [-0.39, 0.29) is 0 Å². The van der Waals surface area contributed by atoms with Crippen LogP contribution in [-0.2, 0) is 0 Å². The Morgan fingerprint density at radius 2 is 2.00 bits per heavy atom. The van der Waals surface area contributed by atoms with Gasteiger partial charge in [-0.3, -0.25) is 0 Å². The van der Waals surface area contributed by atoms with Crippen molar-refractivity contribution in [2.45, 2.75) is 51.6 Å². The number of nitriles is 1. The molecule has 1 atom stereocenters. The van der Waals surface area contributed by atoms with Crippen molar-refractivity contribution in [3.05, 3.63) is 35.4 Å². The van der Waals surface area contributed by atoms with Crippen molar-refractivity contribution in [2.24, 2.45) is 0 Å². The molecule has 0 aliphatic heterocycles. The zero-order valence-electron chi connectivity index (χ0n) is 10.5. The first-order chi connectivity index (χ1) is 8.27. The molecule has 1 aromatic carbocycles.